The van der Waals surface area contributed by atoms with Gasteiger partial charge >= 0.3 is 0 Å². The summed E-state index contributed by atoms with van der Waals surface area (Å²) in [6, 6.07) is 5.63. The lowest BCUT2D eigenvalue weighted by Crippen LogP contribution is -2.13. The molecule has 0 spiro atoms. The first-order valence-corrected chi connectivity index (χ1v) is 6.88. The Hall–Kier alpha value is -0.980. The minimum Gasteiger partial charge on any atom is -0.506 e. The third kappa shape index (κ3) is 3.51. The van der Waals surface area contributed by atoms with Gasteiger partial charge in [-0.3, -0.25) is 0 Å². The van der Waals surface area contributed by atoms with E-state index in [1.54, 1.807) is 6.20 Å². The summed E-state index contributed by atoms with van der Waals surface area (Å²) in [5.74, 6) is 0.217. The number of rotatable bonds is 4. The highest BCUT2D eigenvalue weighted by atomic mass is 79.9. The second-order valence-electron chi connectivity index (χ2n) is 3.71. The number of hydrogen-bond donors (Lipinski definition) is 2. The van der Waals surface area contributed by atoms with E-state index in [0.717, 1.165) is 11.3 Å². The first-order chi connectivity index (χ1) is 8.66. The van der Waals surface area contributed by atoms with Crippen LogP contribution in [0.5, 0.6) is 5.75 Å². The van der Waals surface area contributed by atoms with Crippen LogP contribution >= 0.6 is 31.9 Å². The molecule has 1 aromatic carbocycles. The molecule has 0 fully saturated rings. The zero-order valence-corrected chi connectivity index (χ0v) is 12.6. The lowest BCUT2D eigenvalue weighted by molar-refractivity contribution is 0.468. The summed E-state index contributed by atoms with van der Waals surface area (Å²) in [6.07, 6.45) is 3.25. The van der Waals surface area contributed by atoms with Gasteiger partial charge in [0, 0.05) is 19.3 Å². The highest BCUT2D eigenvalue weighted by molar-refractivity contribution is 9.11. The van der Waals surface area contributed by atoms with Gasteiger partial charge in [-0.05, 0) is 55.6 Å². The molecule has 2 aromatic rings. The number of aromatic nitrogens is 2. The van der Waals surface area contributed by atoms with Crippen molar-refractivity contribution in [3.63, 3.8) is 0 Å². The Balaban J connectivity index is 1.95. The summed E-state index contributed by atoms with van der Waals surface area (Å²) >= 11 is 6.61. The fraction of sp³-hybridized carbons (Fsp3) is 0.167. The predicted octanol–water partition coefficient (Wildman–Crippen LogP) is 3.00. The third-order valence-corrected chi connectivity index (χ3v) is 3.56. The molecule has 1 heterocycles. The minimum absolute atomic E-state index is 0.217. The van der Waals surface area contributed by atoms with Gasteiger partial charge in [-0.1, -0.05) is 0 Å². The molecule has 4 nitrogen and oxygen atoms in total. The average Bonchev–Trinajstić information content (AvgIpc) is 2.37. The first-order valence-electron chi connectivity index (χ1n) is 5.29. The molecule has 0 aliphatic carbocycles. The Morgan fingerprint density at radius 2 is 1.89 bits per heavy atom. The number of hydrogen-bond acceptors (Lipinski definition) is 4. The largest absolute Gasteiger partial charge is 0.506 e. The van der Waals surface area contributed by atoms with E-state index in [2.05, 4.69) is 47.1 Å². The molecule has 0 amide bonds. The van der Waals surface area contributed by atoms with Gasteiger partial charge in [0.25, 0.3) is 0 Å². The van der Waals surface area contributed by atoms with E-state index in [0.29, 0.717) is 22.0 Å². The highest BCUT2D eigenvalue weighted by Gasteiger charge is 2.05. The lowest BCUT2D eigenvalue weighted by Gasteiger charge is -2.07. The Bertz CT molecular complexity index is 511. The third-order valence-electron chi connectivity index (χ3n) is 2.36. The standard InChI is InChI=1S/C12H11Br2N3O/c13-10-3-8(4-11(14)12(10)18)5-16-6-9-1-2-15-7-17-9/h1-4,7,16,18H,5-6H2. The zero-order chi connectivity index (χ0) is 13.0. The maximum Gasteiger partial charge on any atom is 0.143 e. The fourth-order valence-corrected chi connectivity index (χ4v) is 2.76. The molecule has 0 atom stereocenters. The molecular weight excluding hydrogens is 362 g/mol. The monoisotopic (exact) mass is 371 g/mol. The number of halogens is 2. The van der Waals surface area contributed by atoms with Gasteiger partial charge in [-0.2, -0.15) is 0 Å². The maximum atomic E-state index is 9.60. The van der Waals surface area contributed by atoms with E-state index in [-0.39, 0.29) is 5.75 Å². The fourth-order valence-electron chi connectivity index (χ4n) is 1.48. The molecule has 0 radical (unpaired) electrons. The predicted molar refractivity (Wildman–Crippen MR) is 76.1 cm³/mol. The number of nitrogens with one attached hydrogen (secondary N) is 1. The zero-order valence-electron chi connectivity index (χ0n) is 9.40. The molecule has 2 rings (SSSR count). The summed E-state index contributed by atoms with van der Waals surface area (Å²) in [7, 11) is 0. The van der Waals surface area contributed by atoms with E-state index in [1.165, 1.54) is 6.33 Å². The van der Waals surface area contributed by atoms with E-state index in [1.807, 2.05) is 18.2 Å². The van der Waals surface area contributed by atoms with Gasteiger partial charge in [-0.15, -0.1) is 0 Å². The number of benzene rings is 1. The Labute approximate surface area is 122 Å². The van der Waals surface area contributed by atoms with Crippen molar-refractivity contribution in [2.45, 2.75) is 13.1 Å². The van der Waals surface area contributed by atoms with Gasteiger partial charge in [-0.25, -0.2) is 9.97 Å². The van der Waals surface area contributed by atoms with Crippen molar-refractivity contribution < 1.29 is 5.11 Å². The summed E-state index contributed by atoms with van der Waals surface area (Å²) in [4.78, 5) is 7.99. The van der Waals surface area contributed by atoms with Crippen LogP contribution in [0, 0.1) is 0 Å². The van der Waals surface area contributed by atoms with Crippen LogP contribution in [0.25, 0.3) is 0 Å². The Morgan fingerprint density at radius 3 is 2.50 bits per heavy atom. The second-order valence-corrected chi connectivity index (χ2v) is 5.42. The average molecular weight is 373 g/mol. The molecule has 1 aromatic heterocycles. The summed E-state index contributed by atoms with van der Waals surface area (Å²) in [6.45, 7) is 1.38. The maximum absolute atomic E-state index is 9.60. The van der Waals surface area contributed by atoms with Crippen molar-refractivity contribution in [1.29, 1.82) is 0 Å². The van der Waals surface area contributed by atoms with Crippen LogP contribution in [0.2, 0.25) is 0 Å². The molecule has 94 valence electrons. The molecule has 0 bridgehead atoms. The van der Waals surface area contributed by atoms with Crippen LogP contribution in [0.3, 0.4) is 0 Å². The highest BCUT2D eigenvalue weighted by Crippen LogP contribution is 2.33. The normalized spacial score (nSPS) is 10.6. The molecule has 0 aliphatic rings. The SMILES string of the molecule is Oc1c(Br)cc(CNCc2ccncn2)cc1Br. The molecular formula is C12H11Br2N3O. The van der Waals surface area contributed by atoms with Gasteiger partial charge in [0.1, 0.15) is 12.1 Å². The van der Waals surface area contributed by atoms with E-state index in [4.69, 9.17) is 0 Å². The van der Waals surface area contributed by atoms with E-state index < -0.39 is 0 Å². The van der Waals surface area contributed by atoms with Crippen molar-refractivity contribution in [3.8, 4) is 5.75 Å². The second kappa shape index (κ2) is 6.26. The number of phenolic OH excluding ortho intramolecular Hbond substituents is 1. The van der Waals surface area contributed by atoms with Crippen LogP contribution < -0.4 is 5.32 Å². The first kappa shape index (κ1) is 13.5. The van der Waals surface area contributed by atoms with Crippen LogP contribution in [0.15, 0.2) is 39.7 Å². The van der Waals surface area contributed by atoms with E-state index >= 15 is 0 Å². The van der Waals surface area contributed by atoms with Gasteiger partial charge < -0.3 is 10.4 Å². The quantitative estimate of drug-likeness (QED) is 0.866. The minimum atomic E-state index is 0.217. The van der Waals surface area contributed by atoms with Crippen molar-refractivity contribution in [1.82, 2.24) is 15.3 Å². The van der Waals surface area contributed by atoms with Crippen LogP contribution in [-0.2, 0) is 13.1 Å². The molecule has 18 heavy (non-hydrogen) atoms. The van der Waals surface area contributed by atoms with Crippen molar-refractivity contribution in [3.05, 3.63) is 50.9 Å². The smallest absolute Gasteiger partial charge is 0.143 e. The van der Waals surface area contributed by atoms with Crippen LogP contribution in [-0.4, -0.2) is 15.1 Å². The molecule has 0 aliphatic heterocycles. The number of aromatic hydroxyl groups is 1. The Kier molecular flexibility index (Phi) is 4.68. The number of phenols is 1. The van der Waals surface area contributed by atoms with E-state index in [9.17, 15) is 5.11 Å². The van der Waals surface area contributed by atoms with Crippen LogP contribution in [0.4, 0.5) is 0 Å². The van der Waals surface area contributed by atoms with Crippen molar-refractivity contribution >= 4 is 31.9 Å². The van der Waals surface area contributed by atoms with Gasteiger partial charge in [0.05, 0.1) is 14.6 Å². The van der Waals surface area contributed by atoms with Crippen molar-refractivity contribution in [2.24, 2.45) is 0 Å². The van der Waals surface area contributed by atoms with Crippen molar-refractivity contribution in [2.75, 3.05) is 0 Å². The molecule has 0 unspecified atom stereocenters. The lowest BCUT2D eigenvalue weighted by atomic mass is 10.2. The molecule has 0 saturated carbocycles. The number of nitrogens with zero attached hydrogens (tertiary/aromatic N) is 2. The molecule has 2 N–H and O–H groups in total. The summed E-state index contributed by atoms with van der Waals surface area (Å²) in [5.41, 5.74) is 2.02. The van der Waals surface area contributed by atoms with Crippen LogP contribution in [0.1, 0.15) is 11.3 Å². The summed E-state index contributed by atoms with van der Waals surface area (Å²) < 4.78 is 1.35. The molecule has 0 saturated heterocycles. The topological polar surface area (TPSA) is 58.0 Å². The van der Waals surface area contributed by atoms with Gasteiger partial charge in [0.15, 0.2) is 0 Å². The summed E-state index contributed by atoms with van der Waals surface area (Å²) in [5, 5.41) is 12.9. The molecule has 6 heteroatoms. The Morgan fingerprint density at radius 1 is 1.17 bits per heavy atom. The van der Waals surface area contributed by atoms with Gasteiger partial charge in [0.2, 0.25) is 0 Å².